The van der Waals surface area contributed by atoms with Crippen LogP contribution in [0.5, 0.6) is 0 Å². The first-order valence-electron chi connectivity index (χ1n) is 5.50. The molecule has 0 amide bonds. The molecular weight excluding hydrogens is 214 g/mol. The van der Waals surface area contributed by atoms with E-state index in [4.69, 9.17) is 4.18 Å². The van der Waals surface area contributed by atoms with E-state index in [0.717, 1.165) is 6.26 Å². The lowest BCUT2D eigenvalue weighted by molar-refractivity contribution is 0.0865. The maximum atomic E-state index is 10.8. The summed E-state index contributed by atoms with van der Waals surface area (Å²) >= 11 is 0. The highest BCUT2D eigenvalue weighted by Gasteiger charge is 2.24. The van der Waals surface area contributed by atoms with Crippen molar-refractivity contribution in [2.75, 3.05) is 19.4 Å². The number of piperidine rings is 1. The first kappa shape index (κ1) is 12.9. The minimum absolute atomic E-state index is 0.271. The van der Waals surface area contributed by atoms with Crippen molar-refractivity contribution in [3.8, 4) is 0 Å². The normalized spacial score (nSPS) is 29.3. The molecule has 0 radical (unpaired) electrons. The molecule has 0 aromatic carbocycles. The summed E-state index contributed by atoms with van der Waals surface area (Å²) in [5.41, 5.74) is 0. The van der Waals surface area contributed by atoms with Gasteiger partial charge in [0.05, 0.1) is 12.9 Å². The van der Waals surface area contributed by atoms with Crippen LogP contribution in [-0.4, -0.2) is 44.8 Å². The van der Waals surface area contributed by atoms with Gasteiger partial charge in [-0.1, -0.05) is 6.42 Å². The van der Waals surface area contributed by atoms with Crippen molar-refractivity contribution in [2.24, 2.45) is 0 Å². The van der Waals surface area contributed by atoms with E-state index in [1.54, 1.807) is 0 Å². The molecule has 2 atom stereocenters. The third kappa shape index (κ3) is 4.49. The Morgan fingerprint density at radius 1 is 1.27 bits per heavy atom. The van der Waals surface area contributed by atoms with E-state index in [-0.39, 0.29) is 6.61 Å². The molecule has 1 aliphatic heterocycles. The second-order valence-corrected chi connectivity index (χ2v) is 6.04. The molecule has 1 aliphatic rings. The smallest absolute Gasteiger partial charge is 0.264 e. The Labute approximate surface area is 92.7 Å². The molecule has 0 saturated carbocycles. The van der Waals surface area contributed by atoms with E-state index in [2.05, 4.69) is 18.7 Å². The Morgan fingerprint density at radius 3 is 2.27 bits per heavy atom. The summed E-state index contributed by atoms with van der Waals surface area (Å²) < 4.78 is 26.3. The molecule has 0 N–H and O–H groups in total. The van der Waals surface area contributed by atoms with Crippen molar-refractivity contribution in [1.82, 2.24) is 4.90 Å². The van der Waals surface area contributed by atoms with Crippen LogP contribution in [0.2, 0.25) is 0 Å². The molecule has 0 aromatic rings. The van der Waals surface area contributed by atoms with Crippen molar-refractivity contribution in [3.05, 3.63) is 0 Å². The van der Waals surface area contributed by atoms with Gasteiger partial charge in [0.2, 0.25) is 0 Å². The Bertz CT molecular complexity index is 279. The van der Waals surface area contributed by atoms with E-state index in [1.807, 2.05) is 0 Å². The third-order valence-electron chi connectivity index (χ3n) is 3.02. The molecule has 2 unspecified atom stereocenters. The summed E-state index contributed by atoms with van der Waals surface area (Å²) in [6, 6.07) is 1.08. The van der Waals surface area contributed by atoms with Crippen LogP contribution in [0.4, 0.5) is 0 Å². The van der Waals surface area contributed by atoms with Crippen molar-refractivity contribution < 1.29 is 12.6 Å². The quantitative estimate of drug-likeness (QED) is 0.688. The van der Waals surface area contributed by atoms with Crippen molar-refractivity contribution in [3.63, 3.8) is 0 Å². The zero-order valence-corrected chi connectivity index (χ0v) is 10.6. The average Bonchev–Trinajstić information content (AvgIpc) is 2.08. The first-order valence-corrected chi connectivity index (χ1v) is 7.32. The lowest BCUT2D eigenvalue weighted by Crippen LogP contribution is -2.45. The van der Waals surface area contributed by atoms with Crippen LogP contribution in [0, 0.1) is 0 Å². The van der Waals surface area contributed by atoms with Crippen LogP contribution < -0.4 is 0 Å². The fourth-order valence-electron chi connectivity index (χ4n) is 2.21. The summed E-state index contributed by atoms with van der Waals surface area (Å²) in [7, 11) is -3.29. The van der Waals surface area contributed by atoms with Crippen LogP contribution in [0.1, 0.15) is 33.1 Å². The maximum Gasteiger partial charge on any atom is 0.264 e. The lowest BCUT2D eigenvalue weighted by atomic mass is 9.98. The lowest BCUT2D eigenvalue weighted by Gasteiger charge is -2.38. The Hall–Kier alpha value is -0.130. The number of rotatable bonds is 4. The predicted octanol–water partition coefficient (Wildman–Crippen LogP) is 1.23. The SMILES string of the molecule is CC1CCCC(C)N1CCOS(C)(=O)=O. The van der Waals surface area contributed by atoms with E-state index in [0.29, 0.717) is 18.6 Å². The topological polar surface area (TPSA) is 46.6 Å². The monoisotopic (exact) mass is 235 g/mol. The standard InChI is InChI=1S/C10H21NO3S/c1-9-5-4-6-10(2)11(9)7-8-14-15(3,12)13/h9-10H,4-8H2,1-3H3. The summed E-state index contributed by atoms with van der Waals surface area (Å²) in [4.78, 5) is 2.33. The minimum Gasteiger partial charge on any atom is -0.296 e. The van der Waals surface area contributed by atoms with Gasteiger partial charge in [0.25, 0.3) is 10.1 Å². The van der Waals surface area contributed by atoms with Gasteiger partial charge in [0.15, 0.2) is 0 Å². The number of nitrogens with zero attached hydrogens (tertiary/aromatic N) is 1. The molecule has 1 saturated heterocycles. The average molecular weight is 235 g/mol. The Morgan fingerprint density at radius 2 is 1.80 bits per heavy atom. The minimum atomic E-state index is -3.29. The fraction of sp³-hybridized carbons (Fsp3) is 1.00. The molecule has 4 nitrogen and oxygen atoms in total. The second-order valence-electron chi connectivity index (χ2n) is 4.39. The highest BCUT2D eigenvalue weighted by atomic mass is 32.2. The predicted molar refractivity (Wildman–Crippen MR) is 60.3 cm³/mol. The highest BCUT2D eigenvalue weighted by molar-refractivity contribution is 7.85. The van der Waals surface area contributed by atoms with Crippen LogP contribution >= 0.6 is 0 Å². The molecule has 15 heavy (non-hydrogen) atoms. The van der Waals surface area contributed by atoms with Gasteiger partial charge in [-0.15, -0.1) is 0 Å². The van der Waals surface area contributed by atoms with Crippen molar-refractivity contribution in [2.45, 2.75) is 45.2 Å². The van der Waals surface area contributed by atoms with E-state index < -0.39 is 10.1 Å². The van der Waals surface area contributed by atoms with Crippen LogP contribution in [0.3, 0.4) is 0 Å². The van der Waals surface area contributed by atoms with E-state index in [9.17, 15) is 8.42 Å². The molecular formula is C10H21NO3S. The van der Waals surface area contributed by atoms with Crippen LogP contribution in [-0.2, 0) is 14.3 Å². The third-order valence-corrected chi connectivity index (χ3v) is 3.62. The second kappa shape index (κ2) is 5.27. The molecule has 1 fully saturated rings. The molecule has 0 spiro atoms. The van der Waals surface area contributed by atoms with Crippen molar-refractivity contribution in [1.29, 1.82) is 0 Å². The van der Waals surface area contributed by atoms with Gasteiger partial charge in [-0.2, -0.15) is 8.42 Å². The van der Waals surface area contributed by atoms with Crippen LogP contribution in [0.25, 0.3) is 0 Å². The summed E-state index contributed by atoms with van der Waals surface area (Å²) in [6.07, 6.45) is 4.76. The molecule has 90 valence electrons. The summed E-state index contributed by atoms with van der Waals surface area (Å²) in [6.45, 7) is 5.36. The summed E-state index contributed by atoms with van der Waals surface area (Å²) in [5, 5.41) is 0. The van der Waals surface area contributed by atoms with Gasteiger partial charge in [-0.25, -0.2) is 0 Å². The summed E-state index contributed by atoms with van der Waals surface area (Å²) in [5.74, 6) is 0. The number of likely N-dealkylation sites (tertiary alicyclic amines) is 1. The van der Waals surface area contributed by atoms with Gasteiger partial charge in [-0.3, -0.25) is 9.08 Å². The number of hydrogen-bond donors (Lipinski definition) is 0. The van der Waals surface area contributed by atoms with Gasteiger partial charge in [0.1, 0.15) is 0 Å². The fourth-order valence-corrected chi connectivity index (χ4v) is 2.59. The maximum absolute atomic E-state index is 10.8. The van der Waals surface area contributed by atoms with E-state index in [1.165, 1.54) is 19.3 Å². The molecule has 1 rings (SSSR count). The van der Waals surface area contributed by atoms with Crippen LogP contribution in [0.15, 0.2) is 0 Å². The largest absolute Gasteiger partial charge is 0.296 e. The molecule has 1 heterocycles. The first-order chi connectivity index (χ1) is 6.90. The highest BCUT2D eigenvalue weighted by Crippen LogP contribution is 2.21. The van der Waals surface area contributed by atoms with E-state index >= 15 is 0 Å². The van der Waals surface area contributed by atoms with Gasteiger partial charge >= 0.3 is 0 Å². The zero-order valence-electron chi connectivity index (χ0n) is 9.77. The van der Waals surface area contributed by atoms with Gasteiger partial charge in [-0.05, 0) is 26.7 Å². The number of hydrogen-bond acceptors (Lipinski definition) is 4. The molecule has 5 heteroatoms. The molecule has 0 aliphatic carbocycles. The van der Waals surface area contributed by atoms with Gasteiger partial charge in [0, 0.05) is 18.6 Å². The molecule has 0 aromatic heterocycles. The molecule has 0 bridgehead atoms. The Kier molecular flexibility index (Phi) is 4.55. The van der Waals surface area contributed by atoms with Crippen molar-refractivity contribution >= 4 is 10.1 Å². The zero-order chi connectivity index (χ0) is 11.5. The van der Waals surface area contributed by atoms with Gasteiger partial charge < -0.3 is 0 Å². The Balaban J connectivity index is 2.36.